The SMILES string of the molecule is CCC1(OC(=O)CNC(=O)OC(C)(C)C)C(=O)OCc2c1cc1n(c2=O)Cc2c-1nc1ccc(NC(=O)OC(C)(C)C)cc1c2[Si](C)(C)CCC(C)(C)C. The standard InChI is InChI=1S/C40H54N4O9Si/c1-13-40(51-30(45)20-41-35(48)52-38(5,6)7)27-19-29-31-25(21-44(29)33(46)26(27)22-50-34(40)47)32(54(11,12)17-16-37(2,3)4)24-18-23(14-15-28(24)43-31)42-36(49)53-39(8,9)10/h14-15,18-19H,13,16-17,20-22H2,1-12H3,(H,41,48)(H,42,49). The molecule has 2 aliphatic heterocycles. The summed E-state index contributed by atoms with van der Waals surface area (Å²) in [6, 6.07) is 8.25. The third-order valence-corrected chi connectivity index (χ3v) is 13.0. The molecule has 1 atom stereocenters. The number of ether oxygens (including phenoxy) is 4. The molecule has 0 fully saturated rings. The van der Waals surface area contributed by atoms with Gasteiger partial charge in [0.25, 0.3) is 5.56 Å². The van der Waals surface area contributed by atoms with Gasteiger partial charge in [-0.3, -0.25) is 14.9 Å². The Morgan fingerprint density at radius 1 is 0.944 bits per heavy atom. The van der Waals surface area contributed by atoms with Crippen LogP contribution in [0.15, 0.2) is 29.1 Å². The molecule has 2 aromatic heterocycles. The van der Waals surface area contributed by atoms with Crippen molar-refractivity contribution in [3.05, 3.63) is 51.3 Å². The van der Waals surface area contributed by atoms with E-state index in [2.05, 4.69) is 44.5 Å². The van der Waals surface area contributed by atoms with Crippen LogP contribution >= 0.6 is 0 Å². The topological polar surface area (TPSA) is 164 Å². The number of hydrogen-bond acceptors (Lipinski definition) is 10. The van der Waals surface area contributed by atoms with Gasteiger partial charge in [-0.15, -0.1) is 0 Å². The highest BCUT2D eigenvalue weighted by atomic mass is 28.3. The number of anilines is 1. The second kappa shape index (κ2) is 14.2. The lowest BCUT2D eigenvalue weighted by atomic mass is 9.85. The van der Waals surface area contributed by atoms with Gasteiger partial charge in [0.15, 0.2) is 0 Å². The van der Waals surface area contributed by atoms with Crippen molar-refractivity contribution in [1.29, 1.82) is 0 Å². The Morgan fingerprint density at radius 2 is 1.59 bits per heavy atom. The summed E-state index contributed by atoms with van der Waals surface area (Å²) in [5, 5.41) is 7.26. The number of rotatable bonds is 8. The molecule has 0 bridgehead atoms. The van der Waals surface area contributed by atoms with Crippen LogP contribution in [0, 0.1) is 5.41 Å². The van der Waals surface area contributed by atoms with Crippen molar-refractivity contribution >= 4 is 54.0 Å². The van der Waals surface area contributed by atoms with Crippen LogP contribution in [0.3, 0.4) is 0 Å². The monoisotopic (exact) mass is 762 g/mol. The molecule has 2 amide bonds. The van der Waals surface area contributed by atoms with Gasteiger partial charge >= 0.3 is 24.1 Å². The zero-order chi connectivity index (χ0) is 40.2. The van der Waals surface area contributed by atoms with Crippen LogP contribution in [0.2, 0.25) is 19.1 Å². The van der Waals surface area contributed by atoms with Crippen molar-refractivity contribution in [3.63, 3.8) is 0 Å². The zero-order valence-electron chi connectivity index (χ0n) is 33.6. The van der Waals surface area contributed by atoms with Gasteiger partial charge in [-0.05, 0) is 88.4 Å². The molecule has 1 unspecified atom stereocenters. The van der Waals surface area contributed by atoms with Gasteiger partial charge in [0.05, 0.1) is 37.1 Å². The van der Waals surface area contributed by atoms with Crippen molar-refractivity contribution in [1.82, 2.24) is 14.9 Å². The summed E-state index contributed by atoms with van der Waals surface area (Å²) in [6.45, 7) is 22.9. The van der Waals surface area contributed by atoms with E-state index in [1.807, 2.05) is 12.1 Å². The minimum Gasteiger partial charge on any atom is -0.457 e. The van der Waals surface area contributed by atoms with Crippen LogP contribution in [0.1, 0.15) is 98.8 Å². The first-order chi connectivity index (χ1) is 24.8. The fraction of sp³-hybridized carbons (Fsp3) is 0.550. The first kappa shape index (κ1) is 40.5. The van der Waals surface area contributed by atoms with Crippen LogP contribution in [-0.4, -0.2) is 59.5 Å². The molecule has 54 heavy (non-hydrogen) atoms. The Kier molecular flexibility index (Phi) is 10.6. The number of fused-ring (bicyclic) bond motifs is 5. The molecule has 0 radical (unpaired) electrons. The minimum absolute atomic E-state index is 0.0245. The lowest BCUT2D eigenvalue weighted by Gasteiger charge is -2.35. The number of esters is 2. The number of aromatic nitrogens is 2. The fourth-order valence-corrected chi connectivity index (χ4v) is 10.6. The van der Waals surface area contributed by atoms with E-state index in [-0.39, 0.29) is 41.7 Å². The Bertz CT molecular complexity index is 2090. The lowest BCUT2D eigenvalue weighted by Crippen LogP contribution is -2.49. The van der Waals surface area contributed by atoms with E-state index < -0.39 is 55.5 Å². The smallest absolute Gasteiger partial charge is 0.412 e. The van der Waals surface area contributed by atoms with Crippen LogP contribution in [0.5, 0.6) is 0 Å². The van der Waals surface area contributed by atoms with Gasteiger partial charge < -0.3 is 28.8 Å². The average Bonchev–Trinajstić information content (AvgIpc) is 3.39. The van der Waals surface area contributed by atoms with Gasteiger partial charge in [-0.1, -0.05) is 53.3 Å². The summed E-state index contributed by atoms with van der Waals surface area (Å²) in [5.41, 5.74) is 0.0631. The number of benzene rings is 1. The lowest BCUT2D eigenvalue weighted by molar-refractivity contribution is -0.188. The van der Waals surface area contributed by atoms with E-state index in [1.54, 1.807) is 65.2 Å². The Hall–Kier alpha value is -4.72. The second-order valence-corrected chi connectivity index (χ2v) is 22.8. The first-order valence-corrected chi connectivity index (χ1v) is 21.7. The Morgan fingerprint density at radius 3 is 2.20 bits per heavy atom. The summed E-state index contributed by atoms with van der Waals surface area (Å²) in [5.74, 6) is -1.71. The summed E-state index contributed by atoms with van der Waals surface area (Å²) >= 11 is 0. The largest absolute Gasteiger partial charge is 0.457 e. The number of amides is 2. The van der Waals surface area contributed by atoms with Crippen LogP contribution in [0.25, 0.3) is 22.3 Å². The molecule has 2 N–H and O–H groups in total. The van der Waals surface area contributed by atoms with Gasteiger partial charge in [-0.25, -0.2) is 19.4 Å². The molecule has 13 nitrogen and oxygen atoms in total. The van der Waals surface area contributed by atoms with E-state index in [1.165, 1.54) is 0 Å². The highest BCUT2D eigenvalue weighted by Crippen LogP contribution is 2.42. The van der Waals surface area contributed by atoms with Crippen molar-refractivity contribution < 1.29 is 38.1 Å². The number of nitrogens with one attached hydrogen (secondary N) is 2. The van der Waals surface area contributed by atoms with E-state index in [0.717, 1.165) is 28.6 Å². The van der Waals surface area contributed by atoms with Crippen molar-refractivity contribution in [3.8, 4) is 11.4 Å². The molecular weight excluding hydrogens is 709 g/mol. The van der Waals surface area contributed by atoms with E-state index in [0.29, 0.717) is 22.6 Å². The van der Waals surface area contributed by atoms with Gasteiger partial charge in [0, 0.05) is 16.6 Å². The van der Waals surface area contributed by atoms with E-state index in [9.17, 15) is 24.0 Å². The molecule has 0 aliphatic carbocycles. The predicted octanol–water partition coefficient (Wildman–Crippen LogP) is 6.85. The van der Waals surface area contributed by atoms with Gasteiger partial charge in [-0.2, -0.15) is 0 Å². The van der Waals surface area contributed by atoms with Crippen LogP contribution in [-0.2, 0) is 47.3 Å². The summed E-state index contributed by atoms with van der Waals surface area (Å²) in [6.07, 6.45) is -0.429. The van der Waals surface area contributed by atoms with E-state index >= 15 is 0 Å². The average molecular weight is 763 g/mol. The number of hydrogen-bond donors (Lipinski definition) is 2. The number of cyclic esters (lactones) is 1. The minimum atomic E-state index is -2.29. The molecule has 0 saturated carbocycles. The molecular formula is C40H54N4O9Si. The molecule has 1 aromatic carbocycles. The molecule has 3 aromatic rings. The van der Waals surface area contributed by atoms with Crippen LogP contribution < -0.4 is 21.4 Å². The molecule has 14 heteroatoms. The third kappa shape index (κ3) is 8.48. The van der Waals surface area contributed by atoms with Crippen molar-refractivity contribution in [2.75, 3.05) is 11.9 Å². The fourth-order valence-electron chi connectivity index (χ4n) is 7.01. The summed E-state index contributed by atoms with van der Waals surface area (Å²) in [4.78, 5) is 71.3. The highest BCUT2D eigenvalue weighted by Gasteiger charge is 2.51. The normalized spacial score (nSPS) is 16.9. The Balaban J connectivity index is 1.64. The maximum absolute atomic E-state index is 14.4. The van der Waals surface area contributed by atoms with Crippen molar-refractivity contribution in [2.24, 2.45) is 5.41 Å². The molecule has 4 heterocycles. The van der Waals surface area contributed by atoms with Crippen LogP contribution in [0.4, 0.5) is 15.3 Å². The maximum atomic E-state index is 14.4. The number of pyridine rings is 2. The molecule has 0 saturated heterocycles. The zero-order valence-corrected chi connectivity index (χ0v) is 34.6. The van der Waals surface area contributed by atoms with Gasteiger partial charge in [0.1, 0.15) is 24.4 Å². The molecule has 292 valence electrons. The predicted molar refractivity (Wildman–Crippen MR) is 208 cm³/mol. The van der Waals surface area contributed by atoms with E-state index in [4.69, 9.17) is 23.9 Å². The number of nitrogens with zero attached hydrogens (tertiary/aromatic N) is 2. The molecule has 2 aliphatic rings. The number of carbonyl (C=O) groups excluding carboxylic acids is 4. The maximum Gasteiger partial charge on any atom is 0.412 e. The highest BCUT2D eigenvalue weighted by molar-refractivity contribution is 6.91. The number of carbonyl (C=O) groups is 4. The second-order valence-electron chi connectivity index (χ2n) is 18.0. The first-order valence-electron chi connectivity index (χ1n) is 18.4. The Labute approximate surface area is 317 Å². The molecule has 0 spiro atoms. The van der Waals surface area contributed by atoms with Gasteiger partial charge in [0.2, 0.25) is 5.60 Å². The van der Waals surface area contributed by atoms with Crippen molar-refractivity contribution in [2.45, 2.75) is 131 Å². The summed E-state index contributed by atoms with van der Waals surface area (Å²) in [7, 11) is -2.29. The third-order valence-electron chi connectivity index (χ3n) is 9.54. The quantitative estimate of drug-likeness (QED) is 0.110. The molecule has 5 rings (SSSR count). The number of alkyl carbamates (subject to hydrolysis) is 1. The summed E-state index contributed by atoms with van der Waals surface area (Å²) < 4.78 is 23.7.